The molecule has 4 aliphatic rings. The number of fused-ring (bicyclic) bond motifs is 1. The number of allylic oxidation sites excluding steroid dienone is 4. The number of aromatic nitrogens is 1. The number of Topliss-reactive ketones (excluding diaryl/α,β-unsaturated/α-hetero) is 2. The number of halogens is 1. The molecule has 7 rings (SSSR count). The summed E-state index contributed by atoms with van der Waals surface area (Å²) >= 11 is 0. The summed E-state index contributed by atoms with van der Waals surface area (Å²) in [5, 5.41) is 1.08. The van der Waals surface area contributed by atoms with Crippen LogP contribution in [0.15, 0.2) is 77.3 Å². The Balaban J connectivity index is 1.47. The maximum Gasteiger partial charge on any atom is 0.162 e. The van der Waals surface area contributed by atoms with Crippen LogP contribution in [-0.4, -0.2) is 27.1 Å². The third-order valence-electron chi connectivity index (χ3n) is 10.3. The predicted octanol–water partition coefficient (Wildman–Crippen LogP) is 8.85. The van der Waals surface area contributed by atoms with Gasteiger partial charge < -0.3 is 9.47 Å². The number of ketones is 2. The topological polar surface area (TPSA) is 42.3 Å². The largest absolute Gasteiger partial charge is 0.345 e. The van der Waals surface area contributed by atoms with Gasteiger partial charge in [0.2, 0.25) is 0 Å². The van der Waals surface area contributed by atoms with Gasteiger partial charge in [0.15, 0.2) is 11.6 Å². The van der Waals surface area contributed by atoms with E-state index in [4.69, 9.17) is 0 Å². The minimum atomic E-state index is -0.364. The average Bonchev–Trinajstić information content (AvgIpc) is 3.30. The van der Waals surface area contributed by atoms with Crippen LogP contribution in [0, 0.1) is 16.6 Å². The first-order valence-electron chi connectivity index (χ1n) is 16.2. The van der Waals surface area contributed by atoms with Gasteiger partial charge in [-0.25, -0.2) is 4.39 Å². The first-order valence-corrected chi connectivity index (χ1v) is 16.2. The van der Waals surface area contributed by atoms with Gasteiger partial charge in [-0.2, -0.15) is 0 Å². The summed E-state index contributed by atoms with van der Waals surface area (Å²) in [6, 6.07) is 15.3. The maximum atomic E-state index is 14.4. The summed E-state index contributed by atoms with van der Waals surface area (Å²) in [5.41, 5.74) is 6.94. The molecule has 2 heterocycles. The minimum Gasteiger partial charge on any atom is -0.345 e. The Bertz CT molecular complexity index is 1630. The monoisotopic (exact) mass is 578 g/mol. The van der Waals surface area contributed by atoms with Crippen LogP contribution in [0.3, 0.4) is 0 Å². The first-order chi connectivity index (χ1) is 20.5. The summed E-state index contributed by atoms with van der Waals surface area (Å²) in [7, 11) is 0. The van der Waals surface area contributed by atoms with E-state index in [0.29, 0.717) is 25.4 Å². The molecule has 1 fully saturated rings. The first kappa shape index (κ1) is 28.3. The van der Waals surface area contributed by atoms with Gasteiger partial charge in [-0.15, -0.1) is 0 Å². The number of carbonyl (C=O) groups excluding carboxylic acids is 2. The van der Waals surface area contributed by atoms with Gasteiger partial charge in [0, 0.05) is 71.0 Å². The number of rotatable bonds is 4. The van der Waals surface area contributed by atoms with Crippen molar-refractivity contribution in [3.8, 4) is 0 Å². The van der Waals surface area contributed by atoms with Crippen LogP contribution >= 0.6 is 0 Å². The lowest BCUT2D eigenvalue weighted by atomic mass is 9.63. The molecule has 0 unspecified atom stereocenters. The highest BCUT2D eigenvalue weighted by Crippen LogP contribution is 2.56. The van der Waals surface area contributed by atoms with Gasteiger partial charge in [-0.1, -0.05) is 77.3 Å². The number of benzene rings is 2. The predicted molar refractivity (Wildman–Crippen MR) is 169 cm³/mol. The molecule has 0 N–H and O–H groups in total. The van der Waals surface area contributed by atoms with Gasteiger partial charge in [-0.3, -0.25) is 9.59 Å². The van der Waals surface area contributed by atoms with Crippen LogP contribution in [0.1, 0.15) is 103 Å². The van der Waals surface area contributed by atoms with Crippen LogP contribution in [0.5, 0.6) is 0 Å². The van der Waals surface area contributed by atoms with Gasteiger partial charge in [0.25, 0.3) is 0 Å². The Morgan fingerprint density at radius 2 is 1.35 bits per heavy atom. The van der Waals surface area contributed by atoms with Crippen molar-refractivity contribution < 1.29 is 14.0 Å². The van der Waals surface area contributed by atoms with E-state index in [-0.39, 0.29) is 34.1 Å². The van der Waals surface area contributed by atoms with E-state index in [0.717, 1.165) is 58.9 Å². The zero-order valence-corrected chi connectivity index (χ0v) is 26.0. The third kappa shape index (κ3) is 4.99. The summed E-state index contributed by atoms with van der Waals surface area (Å²) in [6.45, 7) is 9.46. The molecule has 1 aromatic heterocycles. The zero-order chi connectivity index (χ0) is 30.1. The highest BCUT2D eigenvalue weighted by molar-refractivity contribution is 6.08. The fourth-order valence-electron chi connectivity index (χ4n) is 8.51. The van der Waals surface area contributed by atoms with E-state index < -0.39 is 0 Å². The van der Waals surface area contributed by atoms with Gasteiger partial charge in [0.05, 0.1) is 0 Å². The van der Waals surface area contributed by atoms with Crippen LogP contribution in [0.2, 0.25) is 0 Å². The van der Waals surface area contributed by atoms with Crippen LogP contribution < -0.4 is 0 Å². The van der Waals surface area contributed by atoms with Crippen molar-refractivity contribution in [3.63, 3.8) is 0 Å². The fourth-order valence-corrected chi connectivity index (χ4v) is 8.51. The Morgan fingerprint density at radius 3 is 1.95 bits per heavy atom. The molecule has 224 valence electrons. The van der Waals surface area contributed by atoms with Crippen LogP contribution in [-0.2, 0) is 16.1 Å². The van der Waals surface area contributed by atoms with E-state index in [9.17, 15) is 14.0 Å². The highest BCUT2D eigenvalue weighted by atomic mass is 19.1. The lowest BCUT2D eigenvalue weighted by Gasteiger charge is -2.52. The molecule has 0 amide bonds. The Kier molecular flexibility index (Phi) is 6.79. The molecule has 1 saturated carbocycles. The fraction of sp³-hybridized carbons (Fsp3) is 0.474. The van der Waals surface area contributed by atoms with Crippen LogP contribution in [0.4, 0.5) is 4.39 Å². The molecule has 3 aliphatic carbocycles. The van der Waals surface area contributed by atoms with E-state index in [1.165, 1.54) is 42.8 Å². The van der Waals surface area contributed by atoms with E-state index in [1.807, 2.05) is 24.3 Å². The number of hydrogen-bond acceptors (Lipinski definition) is 3. The summed E-state index contributed by atoms with van der Waals surface area (Å²) in [4.78, 5) is 31.3. The molecule has 0 saturated heterocycles. The lowest BCUT2D eigenvalue weighted by molar-refractivity contribution is -0.119. The van der Waals surface area contributed by atoms with Crippen molar-refractivity contribution in [2.24, 2.45) is 10.8 Å². The van der Waals surface area contributed by atoms with Gasteiger partial charge in [0.1, 0.15) is 5.82 Å². The van der Waals surface area contributed by atoms with Crippen LogP contribution in [0.25, 0.3) is 10.9 Å². The molecular formula is C38H43FN2O2. The molecule has 4 nitrogen and oxygen atoms in total. The van der Waals surface area contributed by atoms with Crippen molar-refractivity contribution in [1.82, 2.24) is 9.47 Å². The van der Waals surface area contributed by atoms with E-state index in [2.05, 4.69) is 55.5 Å². The standard InChI is InChI=1S/C38H43FN2O2/c1-37(2)18-30-35(32(42)20-37)34(36-31(19-38(3,4)21-33(36)43)41(30)26-10-6-5-7-11-26)28-23-40(29-13-9-8-12-27(28)29)22-24-14-16-25(39)17-15-24/h8-9,12-17,23,26,34H,5-7,10-11,18-22H2,1-4H3. The molecule has 0 radical (unpaired) electrons. The summed E-state index contributed by atoms with van der Waals surface area (Å²) < 4.78 is 15.9. The number of nitrogens with zero attached hydrogens (tertiary/aromatic N) is 2. The molecule has 2 aromatic carbocycles. The molecule has 1 aliphatic heterocycles. The maximum absolute atomic E-state index is 14.4. The highest BCUT2D eigenvalue weighted by Gasteiger charge is 2.50. The van der Waals surface area contributed by atoms with Gasteiger partial charge >= 0.3 is 0 Å². The number of hydrogen-bond donors (Lipinski definition) is 0. The smallest absolute Gasteiger partial charge is 0.162 e. The third-order valence-corrected chi connectivity index (χ3v) is 10.3. The normalized spacial score (nSPS) is 22.8. The molecule has 43 heavy (non-hydrogen) atoms. The molecule has 0 atom stereocenters. The zero-order valence-electron chi connectivity index (χ0n) is 26.0. The van der Waals surface area contributed by atoms with E-state index in [1.54, 1.807) is 0 Å². The van der Waals surface area contributed by atoms with Crippen molar-refractivity contribution in [2.45, 2.75) is 104 Å². The molecule has 0 bridgehead atoms. The van der Waals surface area contributed by atoms with Crippen molar-refractivity contribution in [3.05, 3.63) is 94.2 Å². The second-order valence-corrected chi connectivity index (χ2v) is 15.1. The molecular weight excluding hydrogens is 535 g/mol. The second-order valence-electron chi connectivity index (χ2n) is 15.1. The summed E-state index contributed by atoms with van der Waals surface area (Å²) in [5.74, 6) is -0.229. The Labute approximate surface area is 254 Å². The molecule has 3 aromatic rings. The van der Waals surface area contributed by atoms with Gasteiger partial charge in [-0.05, 0) is 65.8 Å². The van der Waals surface area contributed by atoms with E-state index >= 15 is 0 Å². The average molecular weight is 579 g/mol. The lowest BCUT2D eigenvalue weighted by Crippen LogP contribution is -2.48. The SMILES string of the molecule is CC1(C)CC(=O)C2=C(C1)N(C1CCCCC1)C1=C(C(=O)CC(C)(C)C1)C2c1cn(Cc2ccc(F)cc2)c2ccccc12. The second kappa shape index (κ2) is 10.3. The molecule has 5 heteroatoms. The number of para-hydroxylation sites is 1. The van der Waals surface area contributed by atoms with Crippen molar-refractivity contribution >= 4 is 22.5 Å². The van der Waals surface area contributed by atoms with Crippen molar-refractivity contribution in [2.75, 3.05) is 0 Å². The van der Waals surface area contributed by atoms with Crippen molar-refractivity contribution in [1.29, 1.82) is 0 Å². The summed E-state index contributed by atoms with van der Waals surface area (Å²) in [6.07, 6.45) is 10.7. The Morgan fingerprint density at radius 1 is 0.767 bits per heavy atom. The Hall–Kier alpha value is -3.47. The minimum absolute atomic E-state index is 0.129. The number of carbonyl (C=O) groups is 2. The molecule has 0 spiro atoms. The quantitative estimate of drug-likeness (QED) is 0.311.